The summed E-state index contributed by atoms with van der Waals surface area (Å²) in [5.41, 5.74) is 0.878. The van der Waals surface area contributed by atoms with Gasteiger partial charge in [0, 0.05) is 0 Å². The zero-order valence-corrected chi connectivity index (χ0v) is 11.2. The third-order valence-corrected chi connectivity index (χ3v) is 3.23. The maximum Gasteiger partial charge on any atom is 0.573 e. The fraction of sp³-hybridized carbons (Fsp3) is 0.385. The molecule has 112 valence electrons. The smallest absolute Gasteiger partial charge is 0.406 e. The molecule has 0 saturated heterocycles. The monoisotopic (exact) mass is 298 g/mol. The highest BCUT2D eigenvalue weighted by atomic mass is 19.4. The van der Waals surface area contributed by atoms with E-state index in [0.717, 1.165) is 11.4 Å². The SMILES string of the molecule is Cc1nc2n(n1)CC(c1ccc(OC(F)(F)F)cc1)NC2. The van der Waals surface area contributed by atoms with Gasteiger partial charge in [-0.3, -0.25) is 0 Å². The molecule has 2 heterocycles. The van der Waals surface area contributed by atoms with Crippen molar-refractivity contribution in [3.63, 3.8) is 0 Å². The van der Waals surface area contributed by atoms with Gasteiger partial charge in [0.2, 0.25) is 0 Å². The highest BCUT2D eigenvalue weighted by Gasteiger charge is 2.31. The number of fused-ring (bicyclic) bond motifs is 1. The molecule has 1 aromatic heterocycles. The molecule has 3 rings (SSSR count). The Hall–Kier alpha value is -2.09. The minimum atomic E-state index is -4.67. The molecule has 0 bridgehead atoms. The van der Waals surface area contributed by atoms with Crippen LogP contribution in [0.2, 0.25) is 0 Å². The van der Waals surface area contributed by atoms with Gasteiger partial charge in [-0.1, -0.05) is 12.1 Å². The van der Waals surface area contributed by atoms with Crippen molar-refractivity contribution in [1.82, 2.24) is 20.1 Å². The third-order valence-electron chi connectivity index (χ3n) is 3.23. The Bertz CT molecular complexity index is 636. The Morgan fingerprint density at radius 1 is 1.29 bits per heavy atom. The fourth-order valence-electron chi connectivity index (χ4n) is 2.35. The Labute approximate surface area is 118 Å². The molecule has 1 N–H and O–H groups in total. The van der Waals surface area contributed by atoms with E-state index in [9.17, 15) is 13.2 Å². The summed E-state index contributed by atoms with van der Waals surface area (Å²) in [7, 11) is 0. The van der Waals surface area contributed by atoms with Crippen LogP contribution in [0.25, 0.3) is 0 Å². The van der Waals surface area contributed by atoms with Crippen molar-refractivity contribution in [3.05, 3.63) is 41.5 Å². The van der Waals surface area contributed by atoms with Crippen molar-refractivity contribution in [2.45, 2.75) is 32.4 Å². The van der Waals surface area contributed by atoms with Crippen molar-refractivity contribution in [2.75, 3.05) is 0 Å². The van der Waals surface area contributed by atoms with E-state index in [1.807, 2.05) is 11.6 Å². The molecule has 21 heavy (non-hydrogen) atoms. The second-order valence-corrected chi connectivity index (χ2v) is 4.81. The quantitative estimate of drug-likeness (QED) is 0.924. The minimum Gasteiger partial charge on any atom is -0.406 e. The molecule has 2 aromatic rings. The maximum absolute atomic E-state index is 12.1. The summed E-state index contributed by atoms with van der Waals surface area (Å²) in [6.07, 6.45) is -4.67. The van der Waals surface area contributed by atoms with Crippen LogP contribution in [0.15, 0.2) is 24.3 Å². The average molecular weight is 298 g/mol. The number of halogens is 3. The lowest BCUT2D eigenvalue weighted by Crippen LogP contribution is -2.32. The molecule has 0 fully saturated rings. The molecule has 1 aliphatic rings. The minimum absolute atomic E-state index is 0.0152. The van der Waals surface area contributed by atoms with Crippen molar-refractivity contribution >= 4 is 0 Å². The topological polar surface area (TPSA) is 52.0 Å². The molecule has 0 aliphatic carbocycles. The first-order chi connectivity index (χ1) is 9.90. The molecule has 0 radical (unpaired) electrons. The number of hydrogen-bond donors (Lipinski definition) is 1. The van der Waals surface area contributed by atoms with Crippen LogP contribution in [0.4, 0.5) is 13.2 Å². The largest absolute Gasteiger partial charge is 0.573 e. The highest BCUT2D eigenvalue weighted by molar-refractivity contribution is 5.29. The van der Waals surface area contributed by atoms with Crippen LogP contribution in [0.5, 0.6) is 5.75 Å². The van der Waals surface area contributed by atoms with Gasteiger partial charge in [0.1, 0.15) is 17.4 Å². The van der Waals surface area contributed by atoms with E-state index < -0.39 is 6.36 Å². The van der Waals surface area contributed by atoms with Crippen LogP contribution in [0, 0.1) is 6.92 Å². The molecule has 1 aliphatic heterocycles. The number of nitrogens with zero attached hydrogens (tertiary/aromatic N) is 3. The molecule has 0 spiro atoms. The predicted molar refractivity (Wildman–Crippen MR) is 67.5 cm³/mol. The number of hydrogen-bond acceptors (Lipinski definition) is 4. The van der Waals surface area contributed by atoms with E-state index in [0.29, 0.717) is 18.9 Å². The van der Waals surface area contributed by atoms with Crippen molar-refractivity contribution < 1.29 is 17.9 Å². The number of aryl methyl sites for hydroxylation is 1. The van der Waals surface area contributed by atoms with Gasteiger partial charge in [0.05, 0.1) is 19.1 Å². The van der Waals surface area contributed by atoms with Gasteiger partial charge in [-0.05, 0) is 24.6 Å². The Morgan fingerprint density at radius 3 is 2.67 bits per heavy atom. The summed E-state index contributed by atoms with van der Waals surface area (Å²) in [5.74, 6) is 1.35. The summed E-state index contributed by atoms with van der Waals surface area (Å²) in [4.78, 5) is 4.28. The van der Waals surface area contributed by atoms with E-state index in [2.05, 4.69) is 20.1 Å². The van der Waals surface area contributed by atoms with E-state index in [1.165, 1.54) is 12.1 Å². The number of nitrogens with one attached hydrogen (secondary N) is 1. The third kappa shape index (κ3) is 3.15. The Morgan fingerprint density at radius 2 is 2.00 bits per heavy atom. The predicted octanol–water partition coefficient (Wildman–Crippen LogP) is 2.33. The van der Waals surface area contributed by atoms with Crippen molar-refractivity contribution in [3.8, 4) is 5.75 Å². The number of aromatic nitrogens is 3. The average Bonchev–Trinajstić information content (AvgIpc) is 2.76. The van der Waals surface area contributed by atoms with Crippen molar-refractivity contribution in [2.24, 2.45) is 0 Å². The number of benzene rings is 1. The summed E-state index contributed by atoms with van der Waals surface area (Å²) < 4.78 is 42.0. The van der Waals surface area contributed by atoms with Crippen molar-refractivity contribution in [1.29, 1.82) is 0 Å². The summed E-state index contributed by atoms with van der Waals surface area (Å²) in [5, 5.41) is 7.57. The fourth-order valence-corrected chi connectivity index (χ4v) is 2.35. The van der Waals surface area contributed by atoms with Gasteiger partial charge in [-0.2, -0.15) is 5.10 Å². The van der Waals surface area contributed by atoms with Gasteiger partial charge >= 0.3 is 6.36 Å². The second kappa shape index (κ2) is 5.03. The lowest BCUT2D eigenvalue weighted by Gasteiger charge is -2.24. The molecule has 8 heteroatoms. The molecular formula is C13H13F3N4O. The van der Waals surface area contributed by atoms with Crippen LogP contribution in [-0.2, 0) is 13.1 Å². The Kier molecular flexibility index (Phi) is 3.32. The first kappa shape index (κ1) is 13.9. The van der Waals surface area contributed by atoms with Gasteiger partial charge < -0.3 is 10.1 Å². The zero-order chi connectivity index (χ0) is 15.0. The molecule has 1 aromatic carbocycles. The lowest BCUT2D eigenvalue weighted by atomic mass is 10.1. The van der Waals surface area contributed by atoms with Crippen LogP contribution in [0.3, 0.4) is 0 Å². The normalized spacial score (nSPS) is 18.4. The molecule has 0 saturated carbocycles. The summed E-state index contributed by atoms with van der Waals surface area (Å²) >= 11 is 0. The number of ether oxygens (including phenoxy) is 1. The molecule has 0 amide bonds. The first-order valence-corrected chi connectivity index (χ1v) is 6.40. The number of alkyl halides is 3. The van der Waals surface area contributed by atoms with Crippen LogP contribution < -0.4 is 10.1 Å². The first-order valence-electron chi connectivity index (χ1n) is 6.40. The van der Waals surface area contributed by atoms with Gasteiger partial charge in [-0.25, -0.2) is 9.67 Å². The Balaban J connectivity index is 1.73. The van der Waals surface area contributed by atoms with E-state index in [1.54, 1.807) is 12.1 Å². The van der Waals surface area contributed by atoms with Gasteiger partial charge in [-0.15, -0.1) is 13.2 Å². The standard InChI is InChI=1S/C13H13F3N4O/c1-8-18-12-6-17-11(7-20(12)19-8)9-2-4-10(5-3-9)21-13(14,15)16/h2-5,11,17H,6-7H2,1H3. The number of rotatable bonds is 2. The van der Waals surface area contributed by atoms with Crippen LogP contribution in [-0.4, -0.2) is 21.1 Å². The highest BCUT2D eigenvalue weighted by Crippen LogP contribution is 2.26. The van der Waals surface area contributed by atoms with Gasteiger partial charge in [0.25, 0.3) is 0 Å². The summed E-state index contributed by atoms with van der Waals surface area (Å²) in [6.45, 7) is 2.99. The molecular weight excluding hydrogens is 285 g/mol. The second-order valence-electron chi connectivity index (χ2n) is 4.81. The van der Waals surface area contributed by atoms with Crippen LogP contribution in [0.1, 0.15) is 23.3 Å². The molecule has 1 atom stereocenters. The van der Waals surface area contributed by atoms with E-state index in [-0.39, 0.29) is 11.8 Å². The zero-order valence-electron chi connectivity index (χ0n) is 11.2. The summed E-state index contributed by atoms with van der Waals surface area (Å²) in [6, 6.07) is 5.85. The molecule has 5 nitrogen and oxygen atoms in total. The van der Waals surface area contributed by atoms with E-state index in [4.69, 9.17) is 0 Å². The lowest BCUT2D eigenvalue weighted by molar-refractivity contribution is -0.274. The van der Waals surface area contributed by atoms with Crippen LogP contribution >= 0.6 is 0 Å². The molecule has 1 unspecified atom stereocenters. The van der Waals surface area contributed by atoms with E-state index >= 15 is 0 Å². The van der Waals surface area contributed by atoms with Gasteiger partial charge in [0.15, 0.2) is 0 Å². The maximum atomic E-state index is 12.1.